The number of amides is 1. The van der Waals surface area contributed by atoms with Crippen molar-refractivity contribution in [1.29, 1.82) is 0 Å². The Labute approximate surface area is 140 Å². The van der Waals surface area contributed by atoms with Gasteiger partial charge in [0, 0.05) is 43.9 Å². The predicted octanol–water partition coefficient (Wildman–Crippen LogP) is 2.35. The number of fused-ring (bicyclic) bond motifs is 1. The molecule has 6 nitrogen and oxygen atoms in total. The molecule has 2 aromatic rings. The Kier molecular flexibility index (Phi) is 4.04. The lowest BCUT2D eigenvalue weighted by atomic mass is 9.88. The standard InChI is InChI=1S/C18H23N3O3/c22-17(13-4-2-1-3-5-13)21-10-8-20(9-11-21)14-6-7-15-16(12-14)24-18(23)19-15/h6-7,12-13H,1-5,8-11H2,(H,19,23). The van der Waals surface area contributed by atoms with Crippen molar-refractivity contribution in [2.75, 3.05) is 31.1 Å². The Bertz CT molecular complexity index is 780. The number of nitrogens with one attached hydrogen (secondary N) is 1. The topological polar surface area (TPSA) is 69.6 Å². The number of anilines is 1. The number of rotatable bonds is 2. The summed E-state index contributed by atoms with van der Waals surface area (Å²) in [7, 11) is 0. The number of aromatic amines is 1. The van der Waals surface area contributed by atoms with Crippen LogP contribution in [-0.2, 0) is 4.79 Å². The summed E-state index contributed by atoms with van der Waals surface area (Å²) in [6.07, 6.45) is 5.77. The molecular formula is C18H23N3O3. The average molecular weight is 329 g/mol. The fourth-order valence-electron chi connectivity index (χ4n) is 3.92. The zero-order chi connectivity index (χ0) is 16.5. The molecule has 1 aliphatic heterocycles. The van der Waals surface area contributed by atoms with Crippen molar-refractivity contribution in [3.63, 3.8) is 0 Å². The van der Waals surface area contributed by atoms with Crippen molar-refractivity contribution in [3.05, 3.63) is 28.7 Å². The maximum atomic E-state index is 12.6. The molecule has 0 unspecified atom stereocenters. The molecule has 1 aromatic heterocycles. The Morgan fingerprint density at radius 1 is 1.08 bits per heavy atom. The van der Waals surface area contributed by atoms with Gasteiger partial charge in [0.1, 0.15) is 0 Å². The highest BCUT2D eigenvalue weighted by Crippen LogP contribution is 2.27. The lowest BCUT2D eigenvalue weighted by Crippen LogP contribution is -2.50. The van der Waals surface area contributed by atoms with Crippen LogP contribution in [0.5, 0.6) is 0 Å². The normalized spacial score (nSPS) is 19.8. The molecule has 1 saturated carbocycles. The minimum atomic E-state index is -0.426. The number of hydrogen-bond donors (Lipinski definition) is 1. The summed E-state index contributed by atoms with van der Waals surface area (Å²) in [5.74, 6) is 0.169. The van der Waals surface area contributed by atoms with Gasteiger partial charge in [-0.15, -0.1) is 0 Å². The lowest BCUT2D eigenvalue weighted by molar-refractivity contribution is -0.136. The van der Waals surface area contributed by atoms with Crippen molar-refractivity contribution in [2.45, 2.75) is 32.1 Å². The highest BCUT2D eigenvalue weighted by molar-refractivity contribution is 5.80. The van der Waals surface area contributed by atoms with E-state index in [0.717, 1.165) is 50.2 Å². The van der Waals surface area contributed by atoms with E-state index in [2.05, 4.69) is 9.88 Å². The van der Waals surface area contributed by atoms with Crippen LogP contribution in [0.25, 0.3) is 11.1 Å². The molecule has 0 bridgehead atoms. The summed E-state index contributed by atoms with van der Waals surface area (Å²) in [4.78, 5) is 30.8. The molecule has 0 spiro atoms. The molecule has 1 N–H and O–H groups in total. The third kappa shape index (κ3) is 2.92. The third-order valence-electron chi connectivity index (χ3n) is 5.32. The van der Waals surface area contributed by atoms with Gasteiger partial charge in [0.2, 0.25) is 5.91 Å². The van der Waals surface area contributed by atoms with Gasteiger partial charge >= 0.3 is 5.76 Å². The molecule has 2 aliphatic rings. The van der Waals surface area contributed by atoms with Gasteiger partial charge in [-0.2, -0.15) is 0 Å². The van der Waals surface area contributed by atoms with Crippen LogP contribution in [0.4, 0.5) is 5.69 Å². The van der Waals surface area contributed by atoms with Crippen molar-refractivity contribution < 1.29 is 9.21 Å². The fraction of sp³-hybridized carbons (Fsp3) is 0.556. The second-order valence-electron chi connectivity index (χ2n) is 6.84. The van der Waals surface area contributed by atoms with Gasteiger partial charge in [-0.25, -0.2) is 4.79 Å². The highest BCUT2D eigenvalue weighted by Gasteiger charge is 2.28. The summed E-state index contributed by atoms with van der Waals surface area (Å²) in [5, 5.41) is 0. The van der Waals surface area contributed by atoms with Crippen molar-refractivity contribution in [1.82, 2.24) is 9.88 Å². The van der Waals surface area contributed by atoms with Crippen LogP contribution in [0, 0.1) is 5.92 Å². The summed E-state index contributed by atoms with van der Waals surface area (Å²) in [5.41, 5.74) is 2.34. The van der Waals surface area contributed by atoms with Crippen LogP contribution in [0.3, 0.4) is 0 Å². The average Bonchev–Trinajstić information content (AvgIpc) is 3.01. The number of piperazine rings is 1. The van der Waals surface area contributed by atoms with E-state index in [1.165, 1.54) is 19.3 Å². The van der Waals surface area contributed by atoms with E-state index >= 15 is 0 Å². The number of H-pyrrole nitrogens is 1. The first kappa shape index (κ1) is 15.3. The third-order valence-corrected chi connectivity index (χ3v) is 5.32. The number of carbonyl (C=O) groups excluding carboxylic acids is 1. The van der Waals surface area contributed by atoms with E-state index in [1.807, 2.05) is 23.1 Å². The molecule has 4 rings (SSSR count). The van der Waals surface area contributed by atoms with Gasteiger partial charge in [0.15, 0.2) is 5.58 Å². The smallest absolute Gasteiger partial charge is 0.408 e. The van der Waals surface area contributed by atoms with E-state index < -0.39 is 5.76 Å². The second-order valence-corrected chi connectivity index (χ2v) is 6.84. The number of aromatic nitrogens is 1. The van der Waals surface area contributed by atoms with Crippen LogP contribution in [0.15, 0.2) is 27.4 Å². The van der Waals surface area contributed by atoms with Crippen molar-refractivity contribution in [2.24, 2.45) is 5.92 Å². The molecule has 1 aliphatic carbocycles. The minimum Gasteiger partial charge on any atom is -0.408 e. The Hall–Kier alpha value is -2.24. The zero-order valence-corrected chi connectivity index (χ0v) is 13.8. The molecule has 2 heterocycles. The second kappa shape index (κ2) is 6.34. The minimum absolute atomic E-state index is 0.246. The predicted molar refractivity (Wildman–Crippen MR) is 92.2 cm³/mol. The molecule has 0 atom stereocenters. The first-order chi connectivity index (χ1) is 11.7. The highest BCUT2D eigenvalue weighted by atomic mass is 16.4. The number of benzene rings is 1. The maximum absolute atomic E-state index is 12.6. The Morgan fingerprint density at radius 2 is 1.83 bits per heavy atom. The van der Waals surface area contributed by atoms with E-state index in [9.17, 15) is 9.59 Å². The molecular weight excluding hydrogens is 306 g/mol. The Morgan fingerprint density at radius 3 is 2.58 bits per heavy atom. The number of oxazole rings is 1. The van der Waals surface area contributed by atoms with Gasteiger partial charge in [0.05, 0.1) is 5.52 Å². The first-order valence-corrected chi connectivity index (χ1v) is 8.87. The van der Waals surface area contributed by atoms with Crippen LogP contribution in [0.1, 0.15) is 32.1 Å². The van der Waals surface area contributed by atoms with E-state index in [1.54, 1.807) is 0 Å². The number of hydrogen-bond acceptors (Lipinski definition) is 4. The SMILES string of the molecule is O=C(C1CCCCC1)N1CCN(c2ccc3[nH]c(=O)oc3c2)CC1. The van der Waals surface area contributed by atoms with Gasteiger partial charge < -0.3 is 14.2 Å². The van der Waals surface area contributed by atoms with E-state index in [4.69, 9.17) is 4.42 Å². The van der Waals surface area contributed by atoms with Crippen LogP contribution in [0.2, 0.25) is 0 Å². The number of nitrogens with zero attached hydrogens (tertiary/aromatic N) is 2. The molecule has 0 radical (unpaired) electrons. The largest absolute Gasteiger partial charge is 0.417 e. The molecule has 1 aromatic carbocycles. The quantitative estimate of drug-likeness (QED) is 0.918. The van der Waals surface area contributed by atoms with Gasteiger partial charge in [0.25, 0.3) is 0 Å². The summed E-state index contributed by atoms with van der Waals surface area (Å²) in [6.45, 7) is 3.17. The van der Waals surface area contributed by atoms with E-state index in [0.29, 0.717) is 11.5 Å². The fourth-order valence-corrected chi connectivity index (χ4v) is 3.92. The van der Waals surface area contributed by atoms with E-state index in [-0.39, 0.29) is 5.92 Å². The van der Waals surface area contributed by atoms with Gasteiger partial charge in [-0.05, 0) is 25.0 Å². The van der Waals surface area contributed by atoms with Crippen LogP contribution >= 0.6 is 0 Å². The molecule has 24 heavy (non-hydrogen) atoms. The zero-order valence-electron chi connectivity index (χ0n) is 13.8. The van der Waals surface area contributed by atoms with Crippen molar-refractivity contribution in [3.8, 4) is 0 Å². The molecule has 1 amide bonds. The van der Waals surface area contributed by atoms with Gasteiger partial charge in [-0.1, -0.05) is 19.3 Å². The van der Waals surface area contributed by atoms with Crippen LogP contribution in [-0.4, -0.2) is 42.0 Å². The molecule has 1 saturated heterocycles. The first-order valence-electron chi connectivity index (χ1n) is 8.87. The Balaban J connectivity index is 1.41. The molecule has 2 fully saturated rings. The van der Waals surface area contributed by atoms with Crippen LogP contribution < -0.4 is 10.7 Å². The molecule has 6 heteroatoms. The lowest BCUT2D eigenvalue weighted by Gasteiger charge is -2.38. The molecule has 128 valence electrons. The summed E-state index contributed by atoms with van der Waals surface area (Å²) < 4.78 is 5.14. The monoisotopic (exact) mass is 329 g/mol. The summed E-state index contributed by atoms with van der Waals surface area (Å²) >= 11 is 0. The maximum Gasteiger partial charge on any atom is 0.417 e. The van der Waals surface area contributed by atoms with Gasteiger partial charge in [-0.3, -0.25) is 9.78 Å². The van der Waals surface area contributed by atoms with Crippen molar-refractivity contribution >= 4 is 22.7 Å². The summed E-state index contributed by atoms with van der Waals surface area (Å²) in [6, 6.07) is 5.76. The number of carbonyl (C=O) groups is 1.